The Morgan fingerprint density at radius 2 is 2.00 bits per heavy atom. The molecule has 0 fully saturated rings. The van der Waals surface area contributed by atoms with Gasteiger partial charge in [0.15, 0.2) is 0 Å². The molecular weight excluding hydrogens is 182 g/mol. The number of hydrogen-bond donors (Lipinski definition) is 0. The van der Waals surface area contributed by atoms with Gasteiger partial charge in [-0.25, -0.2) is 4.58 Å². The molecule has 0 aliphatic heterocycles. The van der Waals surface area contributed by atoms with Crippen LogP contribution in [0.1, 0.15) is 25.0 Å². The van der Waals surface area contributed by atoms with Crippen LogP contribution in [0.5, 0.6) is 0 Å². The Morgan fingerprint density at radius 3 is 2.53 bits per heavy atom. The van der Waals surface area contributed by atoms with Crippen molar-refractivity contribution in [3.05, 3.63) is 47.5 Å². The Morgan fingerprint density at radius 1 is 1.33 bits per heavy atom. The summed E-state index contributed by atoms with van der Waals surface area (Å²) in [6.45, 7) is 7.40. The molecule has 1 nitrogen and oxygen atoms in total. The maximum Gasteiger partial charge on any atom is 0.206 e. The van der Waals surface area contributed by atoms with Crippen molar-refractivity contribution >= 4 is 5.71 Å². The van der Waals surface area contributed by atoms with Gasteiger partial charge in [0.25, 0.3) is 0 Å². The first kappa shape index (κ1) is 11.7. The number of benzene rings is 1. The van der Waals surface area contributed by atoms with E-state index >= 15 is 0 Å². The van der Waals surface area contributed by atoms with E-state index in [2.05, 4.69) is 68.8 Å². The van der Waals surface area contributed by atoms with E-state index in [1.54, 1.807) is 0 Å². The quantitative estimate of drug-likeness (QED) is 0.523. The zero-order valence-corrected chi connectivity index (χ0v) is 10.1. The highest BCUT2D eigenvalue weighted by Gasteiger charge is 2.10. The highest BCUT2D eigenvalue weighted by molar-refractivity contribution is 6.06. The van der Waals surface area contributed by atoms with E-state index in [-0.39, 0.29) is 0 Å². The van der Waals surface area contributed by atoms with Crippen LogP contribution in [0.2, 0.25) is 0 Å². The van der Waals surface area contributed by atoms with Gasteiger partial charge in [-0.2, -0.15) is 0 Å². The molecular formula is C14H20N+. The van der Waals surface area contributed by atoms with E-state index in [1.165, 1.54) is 16.8 Å². The number of nitrogens with zero attached hydrogens (tertiary/aromatic N) is 1. The van der Waals surface area contributed by atoms with Crippen molar-refractivity contribution in [2.45, 2.75) is 20.8 Å². The largest absolute Gasteiger partial charge is 0.232 e. The second-order valence-corrected chi connectivity index (χ2v) is 3.71. The Kier molecular flexibility index (Phi) is 4.29. The summed E-state index contributed by atoms with van der Waals surface area (Å²) < 4.78 is 2.27. The maximum absolute atomic E-state index is 2.27. The van der Waals surface area contributed by atoms with Crippen molar-refractivity contribution in [1.82, 2.24) is 0 Å². The Balaban J connectivity index is 3.29. The molecule has 80 valence electrons. The Bertz CT molecular complexity index is 386. The first-order chi connectivity index (χ1) is 7.20. The summed E-state index contributed by atoms with van der Waals surface area (Å²) >= 11 is 0. The number of hydrogen-bond acceptors (Lipinski definition) is 0. The number of allylic oxidation sites excluding steroid dienone is 2. The molecule has 0 amide bonds. The van der Waals surface area contributed by atoms with Crippen LogP contribution in [0.3, 0.4) is 0 Å². The standard InChI is InChI=1S/C14H20N/c1-5-9-14(15(4)6-2)13-11-8-7-10-12(13)3/h5,7-11H,6H2,1-4H3/q+1. The van der Waals surface area contributed by atoms with Gasteiger partial charge >= 0.3 is 0 Å². The van der Waals surface area contributed by atoms with Crippen molar-refractivity contribution < 1.29 is 4.58 Å². The van der Waals surface area contributed by atoms with Gasteiger partial charge in [-0.05, 0) is 32.4 Å². The van der Waals surface area contributed by atoms with Gasteiger partial charge in [-0.15, -0.1) is 0 Å². The summed E-state index contributed by atoms with van der Waals surface area (Å²) in [5, 5.41) is 0. The molecule has 0 aromatic heterocycles. The van der Waals surface area contributed by atoms with Gasteiger partial charge in [-0.3, -0.25) is 0 Å². The van der Waals surface area contributed by atoms with Crippen LogP contribution < -0.4 is 0 Å². The minimum Gasteiger partial charge on any atom is -0.232 e. The molecule has 15 heavy (non-hydrogen) atoms. The van der Waals surface area contributed by atoms with Crippen LogP contribution in [0.4, 0.5) is 0 Å². The first-order valence-corrected chi connectivity index (χ1v) is 5.47. The fourth-order valence-corrected chi connectivity index (χ4v) is 1.61. The van der Waals surface area contributed by atoms with Crippen LogP contribution in [-0.4, -0.2) is 23.9 Å². The third kappa shape index (κ3) is 2.79. The van der Waals surface area contributed by atoms with Crippen LogP contribution in [0.15, 0.2) is 36.4 Å². The van der Waals surface area contributed by atoms with E-state index in [4.69, 9.17) is 0 Å². The molecule has 0 saturated carbocycles. The van der Waals surface area contributed by atoms with Gasteiger partial charge in [-0.1, -0.05) is 24.3 Å². The second-order valence-electron chi connectivity index (χ2n) is 3.71. The summed E-state index contributed by atoms with van der Waals surface area (Å²) in [6.07, 6.45) is 4.26. The average molecular weight is 202 g/mol. The average Bonchev–Trinajstić information content (AvgIpc) is 2.26. The molecule has 0 heterocycles. The SMILES string of the molecule is CC=CC(c1ccccc1C)=[N+](C)CC. The fourth-order valence-electron chi connectivity index (χ4n) is 1.61. The molecule has 0 spiro atoms. The van der Waals surface area contributed by atoms with Gasteiger partial charge in [0, 0.05) is 11.6 Å². The summed E-state index contributed by atoms with van der Waals surface area (Å²) in [5.41, 5.74) is 3.93. The van der Waals surface area contributed by atoms with Crippen LogP contribution in [-0.2, 0) is 0 Å². The lowest BCUT2D eigenvalue weighted by Gasteiger charge is -2.04. The number of rotatable bonds is 3. The molecule has 0 bridgehead atoms. The molecule has 0 atom stereocenters. The molecule has 0 N–H and O–H groups in total. The fraction of sp³-hybridized carbons (Fsp3) is 0.357. The van der Waals surface area contributed by atoms with E-state index in [0.29, 0.717) is 0 Å². The smallest absolute Gasteiger partial charge is 0.206 e. The van der Waals surface area contributed by atoms with Crippen molar-refractivity contribution in [2.75, 3.05) is 13.6 Å². The lowest BCUT2D eigenvalue weighted by molar-refractivity contribution is -0.492. The topological polar surface area (TPSA) is 3.01 Å². The predicted octanol–water partition coefficient (Wildman–Crippen LogP) is 3.02. The van der Waals surface area contributed by atoms with Crippen molar-refractivity contribution in [3.8, 4) is 0 Å². The summed E-state index contributed by atoms with van der Waals surface area (Å²) in [4.78, 5) is 0. The lowest BCUT2D eigenvalue weighted by Crippen LogP contribution is -2.17. The summed E-state index contributed by atoms with van der Waals surface area (Å²) in [5.74, 6) is 0. The lowest BCUT2D eigenvalue weighted by atomic mass is 10.0. The normalized spacial score (nSPS) is 13.1. The molecule has 0 radical (unpaired) electrons. The molecule has 0 aliphatic rings. The Labute approximate surface area is 92.8 Å². The molecule has 1 heteroatoms. The van der Waals surface area contributed by atoms with Gasteiger partial charge in [0.05, 0.1) is 0 Å². The number of aryl methyl sites for hydroxylation is 1. The third-order valence-corrected chi connectivity index (χ3v) is 2.63. The molecule has 1 aromatic rings. The first-order valence-electron chi connectivity index (χ1n) is 5.47. The Hall–Kier alpha value is -1.37. The molecule has 0 saturated heterocycles. The van der Waals surface area contributed by atoms with Gasteiger partial charge < -0.3 is 0 Å². The molecule has 0 unspecified atom stereocenters. The predicted molar refractivity (Wildman–Crippen MR) is 66.8 cm³/mol. The van der Waals surface area contributed by atoms with Gasteiger partial charge in [0.1, 0.15) is 13.6 Å². The minimum absolute atomic E-state index is 1.02. The van der Waals surface area contributed by atoms with Crippen molar-refractivity contribution in [1.29, 1.82) is 0 Å². The van der Waals surface area contributed by atoms with Crippen molar-refractivity contribution in [2.24, 2.45) is 0 Å². The van der Waals surface area contributed by atoms with E-state index < -0.39 is 0 Å². The van der Waals surface area contributed by atoms with E-state index in [0.717, 1.165) is 6.54 Å². The summed E-state index contributed by atoms with van der Waals surface area (Å²) in [6, 6.07) is 8.51. The van der Waals surface area contributed by atoms with E-state index in [1.807, 2.05) is 0 Å². The molecule has 1 rings (SSSR count). The van der Waals surface area contributed by atoms with Gasteiger partial charge in [0.2, 0.25) is 5.71 Å². The summed E-state index contributed by atoms with van der Waals surface area (Å²) in [7, 11) is 2.13. The molecule has 1 aromatic carbocycles. The zero-order valence-electron chi connectivity index (χ0n) is 10.1. The zero-order chi connectivity index (χ0) is 11.3. The highest BCUT2D eigenvalue weighted by Crippen LogP contribution is 2.09. The third-order valence-electron chi connectivity index (χ3n) is 2.63. The second kappa shape index (κ2) is 5.50. The monoisotopic (exact) mass is 202 g/mol. The maximum atomic E-state index is 2.27. The molecule has 0 aliphatic carbocycles. The van der Waals surface area contributed by atoms with Crippen LogP contribution in [0.25, 0.3) is 0 Å². The van der Waals surface area contributed by atoms with Crippen LogP contribution in [0, 0.1) is 6.92 Å². The van der Waals surface area contributed by atoms with Crippen molar-refractivity contribution in [3.63, 3.8) is 0 Å². The van der Waals surface area contributed by atoms with Crippen LogP contribution >= 0.6 is 0 Å². The highest BCUT2D eigenvalue weighted by atomic mass is 15.0. The van der Waals surface area contributed by atoms with E-state index in [9.17, 15) is 0 Å². The minimum atomic E-state index is 1.02.